The number of nitrogens with zero attached hydrogens (tertiary/aromatic N) is 2. The third kappa shape index (κ3) is 4.02. The molecule has 0 saturated carbocycles. The molecule has 0 spiro atoms. The van der Waals surface area contributed by atoms with Crippen LogP contribution in [-0.4, -0.2) is 11.0 Å². The molecule has 122 valence electrons. The van der Waals surface area contributed by atoms with Crippen LogP contribution in [0.1, 0.15) is 11.1 Å². The molecular formula is C20H19ClN2O. The molecule has 3 aromatic carbocycles. The average Bonchev–Trinajstić information content (AvgIpc) is 2.61. The second-order valence-corrected chi connectivity index (χ2v) is 5.24. The Bertz CT molecular complexity index is 804. The second-order valence-electron chi connectivity index (χ2n) is 5.24. The van der Waals surface area contributed by atoms with Gasteiger partial charge >= 0.3 is 0 Å². The minimum absolute atomic E-state index is 0. The van der Waals surface area contributed by atoms with Crippen molar-refractivity contribution in [1.82, 2.24) is 0 Å². The summed E-state index contributed by atoms with van der Waals surface area (Å²) in [5.41, 5.74) is 3.33. The Kier molecular flexibility index (Phi) is 6.13. The molecular weight excluding hydrogens is 320 g/mol. The zero-order valence-electron chi connectivity index (χ0n) is 13.3. The molecule has 0 aliphatic heterocycles. The highest BCUT2D eigenvalue weighted by Gasteiger charge is 2.15. The van der Waals surface area contributed by atoms with E-state index in [9.17, 15) is 5.21 Å². The minimum Gasteiger partial charge on any atom is -0.282 e. The Balaban J connectivity index is 0.00000208. The van der Waals surface area contributed by atoms with Gasteiger partial charge in [-0.3, -0.25) is 5.21 Å². The van der Waals surface area contributed by atoms with Gasteiger partial charge in [-0.2, -0.15) is 0 Å². The fourth-order valence-corrected chi connectivity index (χ4v) is 2.36. The van der Waals surface area contributed by atoms with Gasteiger partial charge < -0.3 is 0 Å². The summed E-state index contributed by atoms with van der Waals surface area (Å²) in [4.78, 5) is 4.64. The van der Waals surface area contributed by atoms with E-state index in [1.165, 1.54) is 0 Å². The van der Waals surface area contributed by atoms with Crippen molar-refractivity contribution in [2.75, 3.05) is 5.06 Å². The fraction of sp³-hybridized carbons (Fsp3) is 0.0500. The van der Waals surface area contributed by atoms with Crippen molar-refractivity contribution in [3.8, 4) is 0 Å². The Morgan fingerprint density at radius 1 is 0.792 bits per heavy atom. The summed E-state index contributed by atoms with van der Waals surface area (Å²) in [5, 5.41) is 11.9. The molecule has 0 bridgehead atoms. The molecule has 0 amide bonds. The summed E-state index contributed by atoms with van der Waals surface area (Å²) in [5.74, 6) is 0.492. The standard InChI is InChI=1S/C20H18N2O.ClH/c1-16-10-8-9-15-19(16)22(23)20(17-11-4-2-5-12-17)21-18-13-6-3-7-14-18;/h2-15,23H,1H3;1H. The van der Waals surface area contributed by atoms with Gasteiger partial charge in [-0.05, 0) is 30.7 Å². The lowest BCUT2D eigenvalue weighted by Crippen LogP contribution is -2.28. The zero-order valence-corrected chi connectivity index (χ0v) is 14.1. The van der Waals surface area contributed by atoms with Gasteiger partial charge in [0.25, 0.3) is 0 Å². The molecule has 0 fully saturated rings. The van der Waals surface area contributed by atoms with Crippen LogP contribution in [0.4, 0.5) is 11.4 Å². The van der Waals surface area contributed by atoms with Gasteiger partial charge in [0.15, 0.2) is 5.84 Å². The number of benzene rings is 3. The van der Waals surface area contributed by atoms with E-state index in [0.717, 1.165) is 21.9 Å². The Hall–Kier alpha value is -2.62. The van der Waals surface area contributed by atoms with Gasteiger partial charge in [0.2, 0.25) is 0 Å². The summed E-state index contributed by atoms with van der Waals surface area (Å²) in [6.45, 7) is 1.96. The van der Waals surface area contributed by atoms with Crippen LogP contribution in [0.3, 0.4) is 0 Å². The topological polar surface area (TPSA) is 35.8 Å². The molecule has 0 aliphatic rings. The largest absolute Gasteiger partial charge is 0.282 e. The number of anilines is 1. The first kappa shape index (κ1) is 17.7. The molecule has 3 aromatic rings. The van der Waals surface area contributed by atoms with E-state index in [1.54, 1.807) is 0 Å². The second kappa shape index (κ2) is 8.29. The number of amidine groups is 1. The summed E-state index contributed by atoms with van der Waals surface area (Å²) < 4.78 is 0. The van der Waals surface area contributed by atoms with E-state index in [1.807, 2.05) is 91.9 Å². The molecule has 0 heterocycles. The molecule has 4 heteroatoms. The molecule has 0 aromatic heterocycles. The molecule has 1 N–H and O–H groups in total. The predicted molar refractivity (Wildman–Crippen MR) is 102 cm³/mol. The number of aliphatic imine (C=N–C) groups is 1. The van der Waals surface area contributed by atoms with Gasteiger partial charge in [-0.25, -0.2) is 10.1 Å². The first-order chi connectivity index (χ1) is 11.3. The van der Waals surface area contributed by atoms with Crippen LogP contribution < -0.4 is 5.06 Å². The van der Waals surface area contributed by atoms with E-state index in [-0.39, 0.29) is 12.4 Å². The van der Waals surface area contributed by atoms with Gasteiger partial charge in [-0.15, -0.1) is 12.4 Å². The van der Waals surface area contributed by atoms with Crippen molar-refractivity contribution in [3.63, 3.8) is 0 Å². The Morgan fingerprint density at radius 3 is 1.96 bits per heavy atom. The van der Waals surface area contributed by atoms with Crippen molar-refractivity contribution in [2.45, 2.75) is 6.92 Å². The number of hydrogen-bond donors (Lipinski definition) is 1. The lowest BCUT2D eigenvalue weighted by molar-refractivity contribution is 0.312. The average molecular weight is 339 g/mol. The molecule has 0 aliphatic carbocycles. The highest BCUT2D eigenvalue weighted by molar-refractivity contribution is 6.09. The Labute approximate surface area is 148 Å². The SMILES string of the molecule is Cc1ccccc1N(O)C(=Nc1ccccc1)c1ccccc1.Cl. The third-order valence-electron chi connectivity index (χ3n) is 3.57. The number of hydrogen-bond acceptors (Lipinski definition) is 2. The predicted octanol–water partition coefficient (Wildman–Crippen LogP) is 5.39. The van der Waals surface area contributed by atoms with Crippen LogP contribution in [0, 0.1) is 6.92 Å². The lowest BCUT2D eigenvalue weighted by atomic mass is 10.1. The summed E-state index contributed by atoms with van der Waals surface area (Å²) >= 11 is 0. The van der Waals surface area contributed by atoms with E-state index in [4.69, 9.17) is 0 Å². The van der Waals surface area contributed by atoms with Crippen LogP contribution in [-0.2, 0) is 0 Å². The smallest absolute Gasteiger partial charge is 0.165 e. The molecule has 0 radical (unpaired) electrons. The van der Waals surface area contributed by atoms with E-state index in [2.05, 4.69) is 4.99 Å². The molecule has 0 saturated heterocycles. The minimum atomic E-state index is 0. The van der Waals surface area contributed by atoms with Crippen LogP contribution in [0.25, 0.3) is 0 Å². The third-order valence-corrected chi connectivity index (χ3v) is 3.57. The monoisotopic (exact) mass is 338 g/mol. The number of hydroxylamine groups is 1. The number of para-hydroxylation sites is 2. The lowest BCUT2D eigenvalue weighted by Gasteiger charge is -2.21. The van der Waals surface area contributed by atoms with Crippen LogP contribution >= 0.6 is 12.4 Å². The van der Waals surface area contributed by atoms with E-state index < -0.39 is 0 Å². The van der Waals surface area contributed by atoms with Crippen molar-refractivity contribution in [1.29, 1.82) is 0 Å². The number of halogens is 1. The molecule has 3 nitrogen and oxygen atoms in total. The Morgan fingerprint density at radius 2 is 1.33 bits per heavy atom. The molecule has 3 rings (SSSR count). The highest BCUT2D eigenvalue weighted by atomic mass is 35.5. The van der Waals surface area contributed by atoms with Gasteiger partial charge in [-0.1, -0.05) is 66.7 Å². The van der Waals surface area contributed by atoms with Crippen molar-refractivity contribution >= 4 is 29.6 Å². The summed E-state index contributed by atoms with van der Waals surface area (Å²) in [7, 11) is 0. The molecule has 0 unspecified atom stereocenters. The quantitative estimate of drug-likeness (QED) is 0.395. The maximum absolute atomic E-state index is 10.8. The van der Waals surface area contributed by atoms with Crippen LogP contribution in [0.15, 0.2) is 89.9 Å². The van der Waals surface area contributed by atoms with Crippen LogP contribution in [0.5, 0.6) is 0 Å². The number of rotatable bonds is 3. The molecule has 24 heavy (non-hydrogen) atoms. The summed E-state index contributed by atoms with van der Waals surface area (Å²) in [6, 6.07) is 27.0. The highest BCUT2D eigenvalue weighted by Crippen LogP contribution is 2.22. The first-order valence-electron chi connectivity index (χ1n) is 7.49. The normalized spacial score (nSPS) is 10.8. The fourth-order valence-electron chi connectivity index (χ4n) is 2.36. The van der Waals surface area contributed by atoms with Gasteiger partial charge in [0.1, 0.15) is 0 Å². The maximum atomic E-state index is 10.8. The van der Waals surface area contributed by atoms with E-state index >= 15 is 0 Å². The summed E-state index contributed by atoms with van der Waals surface area (Å²) in [6.07, 6.45) is 0. The maximum Gasteiger partial charge on any atom is 0.165 e. The van der Waals surface area contributed by atoms with Crippen molar-refractivity contribution in [2.24, 2.45) is 4.99 Å². The zero-order chi connectivity index (χ0) is 16.1. The van der Waals surface area contributed by atoms with Crippen LogP contribution in [0.2, 0.25) is 0 Å². The van der Waals surface area contributed by atoms with Crippen molar-refractivity contribution in [3.05, 3.63) is 96.1 Å². The van der Waals surface area contributed by atoms with Crippen molar-refractivity contribution < 1.29 is 5.21 Å². The van der Waals surface area contributed by atoms with E-state index in [0.29, 0.717) is 11.5 Å². The van der Waals surface area contributed by atoms with Gasteiger partial charge in [0.05, 0.1) is 11.4 Å². The first-order valence-corrected chi connectivity index (χ1v) is 7.49. The van der Waals surface area contributed by atoms with Gasteiger partial charge in [0, 0.05) is 5.56 Å². The number of aryl methyl sites for hydroxylation is 1. The molecule has 0 atom stereocenters.